The fourth-order valence-corrected chi connectivity index (χ4v) is 1.65. The molecule has 0 unspecified atom stereocenters. The highest BCUT2D eigenvalue weighted by atomic mass is 16.3. The van der Waals surface area contributed by atoms with Gasteiger partial charge in [-0.3, -0.25) is 0 Å². The van der Waals surface area contributed by atoms with E-state index < -0.39 is 12.1 Å². The highest BCUT2D eigenvalue weighted by Gasteiger charge is 2.30. The van der Waals surface area contributed by atoms with E-state index in [1.54, 1.807) is 6.07 Å². The molecule has 3 heteroatoms. The van der Waals surface area contributed by atoms with Crippen LogP contribution in [0.25, 0.3) is 0 Å². The maximum atomic E-state index is 10.1. The van der Waals surface area contributed by atoms with Crippen molar-refractivity contribution < 1.29 is 10.2 Å². The van der Waals surface area contributed by atoms with Crippen molar-refractivity contribution in [2.24, 2.45) is 11.1 Å². The second-order valence-corrected chi connectivity index (χ2v) is 5.40. The second-order valence-electron chi connectivity index (χ2n) is 5.40. The highest BCUT2D eigenvalue weighted by Crippen LogP contribution is 2.32. The van der Waals surface area contributed by atoms with Gasteiger partial charge in [0, 0.05) is 5.56 Å². The molecule has 2 atom stereocenters. The minimum atomic E-state index is -0.694. The van der Waals surface area contributed by atoms with Crippen molar-refractivity contribution in [3.8, 4) is 5.75 Å². The van der Waals surface area contributed by atoms with E-state index in [9.17, 15) is 10.2 Å². The van der Waals surface area contributed by atoms with Crippen molar-refractivity contribution in [3.05, 3.63) is 29.3 Å². The van der Waals surface area contributed by atoms with E-state index in [0.29, 0.717) is 5.56 Å². The molecule has 0 heterocycles. The predicted octanol–water partition coefficient (Wildman–Crippen LogP) is 2.11. The Labute approximate surface area is 96.9 Å². The quantitative estimate of drug-likeness (QED) is 0.719. The lowest BCUT2D eigenvalue weighted by molar-refractivity contribution is 0.0394. The smallest absolute Gasteiger partial charge is 0.120 e. The molecule has 4 N–H and O–H groups in total. The molecule has 0 radical (unpaired) electrons. The van der Waals surface area contributed by atoms with Gasteiger partial charge in [-0.25, -0.2) is 0 Å². The topological polar surface area (TPSA) is 66.5 Å². The van der Waals surface area contributed by atoms with Crippen molar-refractivity contribution >= 4 is 0 Å². The molecule has 0 saturated heterocycles. The van der Waals surface area contributed by atoms with Gasteiger partial charge in [-0.05, 0) is 18.4 Å². The highest BCUT2D eigenvalue weighted by molar-refractivity contribution is 5.38. The molecule has 3 nitrogen and oxygen atoms in total. The summed E-state index contributed by atoms with van der Waals surface area (Å²) in [4.78, 5) is 0. The van der Waals surface area contributed by atoms with Crippen molar-refractivity contribution in [1.82, 2.24) is 0 Å². The number of nitrogens with two attached hydrogens (primary N) is 1. The third-order valence-corrected chi connectivity index (χ3v) is 2.77. The van der Waals surface area contributed by atoms with Crippen LogP contribution in [0.1, 0.15) is 37.9 Å². The number of aryl methyl sites for hydroxylation is 1. The lowest BCUT2D eigenvalue weighted by Gasteiger charge is -2.31. The summed E-state index contributed by atoms with van der Waals surface area (Å²) in [5.41, 5.74) is 7.29. The molecular formula is C13H21NO2. The van der Waals surface area contributed by atoms with E-state index in [-0.39, 0.29) is 11.2 Å². The first-order chi connectivity index (χ1) is 7.23. The zero-order valence-electron chi connectivity index (χ0n) is 10.4. The van der Waals surface area contributed by atoms with Crippen LogP contribution < -0.4 is 5.73 Å². The summed E-state index contributed by atoms with van der Waals surface area (Å²) >= 11 is 0. The molecular weight excluding hydrogens is 202 g/mol. The summed E-state index contributed by atoms with van der Waals surface area (Å²) in [5.74, 6) is 0.140. The van der Waals surface area contributed by atoms with Crippen LogP contribution >= 0.6 is 0 Å². The number of rotatable bonds is 2. The molecule has 0 aliphatic carbocycles. The van der Waals surface area contributed by atoms with Crippen LogP contribution in [0.4, 0.5) is 0 Å². The van der Waals surface area contributed by atoms with Crippen LogP contribution in [0.2, 0.25) is 0 Å². The number of hydrogen-bond acceptors (Lipinski definition) is 3. The van der Waals surface area contributed by atoms with Gasteiger partial charge < -0.3 is 15.9 Å². The number of phenols is 1. The van der Waals surface area contributed by atoms with Gasteiger partial charge in [-0.15, -0.1) is 0 Å². The number of hydrogen-bond donors (Lipinski definition) is 3. The number of benzene rings is 1. The Balaban J connectivity index is 3.05. The fourth-order valence-electron chi connectivity index (χ4n) is 1.65. The lowest BCUT2D eigenvalue weighted by Crippen LogP contribution is -2.37. The molecule has 90 valence electrons. The first kappa shape index (κ1) is 13.0. The Bertz CT molecular complexity index is 369. The standard InChI is InChI=1S/C13H21NO2/c1-8-5-6-10(15)9(7-8)11(14)12(16)13(2,3)4/h5-7,11-12,15-16H,14H2,1-4H3/t11-,12-/m0/s1. The van der Waals surface area contributed by atoms with Crippen LogP contribution in [-0.4, -0.2) is 16.3 Å². The van der Waals surface area contributed by atoms with E-state index in [1.807, 2.05) is 39.8 Å². The number of aliphatic hydroxyl groups excluding tert-OH is 1. The summed E-state index contributed by atoms with van der Waals surface area (Å²) in [5, 5.41) is 19.8. The van der Waals surface area contributed by atoms with Gasteiger partial charge in [0.25, 0.3) is 0 Å². The molecule has 0 aromatic heterocycles. The second kappa shape index (κ2) is 4.44. The molecule has 1 aromatic rings. The molecule has 0 aliphatic heterocycles. The summed E-state index contributed by atoms with van der Waals surface area (Å²) < 4.78 is 0. The Morgan fingerprint density at radius 3 is 2.31 bits per heavy atom. The predicted molar refractivity (Wildman–Crippen MR) is 65.2 cm³/mol. The summed E-state index contributed by atoms with van der Waals surface area (Å²) in [6, 6.07) is 4.67. The average Bonchev–Trinajstić information content (AvgIpc) is 2.18. The molecule has 0 saturated carbocycles. The number of aliphatic hydroxyl groups is 1. The Morgan fingerprint density at radius 1 is 1.25 bits per heavy atom. The van der Waals surface area contributed by atoms with Crippen molar-refractivity contribution in [2.75, 3.05) is 0 Å². The maximum Gasteiger partial charge on any atom is 0.120 e. The normalized spacial score (nSPS) is 15.9. The largest absolute Gasteiger partial charge is 0.508 e. The van der Waals surface area contributed by atoms with Crippen LogP contribution in [0.5, 0.6) is 5.75 Å². The third-order valence-electron chi connectivity index (χ3n) is 2.77. The van der Waals surface area contributed by atoms with Crippen molar-refractivity contribution in [2.45, 2.75) is 39.8 Å². The average molecular weight is 223 g/mol. The Hall–Kier alpha value is -1.06. The Morgan fingerprint density at radius 2 is 1.81 bits per heavy atom. The van der Waals surface area contributed by atoms with Gasteiger partial charge in [0.05, 0.1) is 12.1 Å². The zero-order valence-corrected chi connectivity index (χ0v) is 10.4. The van der Waals surface area contributed by atoms with Crippen LogP contribution in [-0.2, 0) is 0 Å². The van der Waals surface area contributed by atoms with Crippen LogP contribution in [0.15, 0.2) is 18.2 Å². The van der Waals surface area contributed by atoms with Crippen LogP contribution in [0.3, 0.4) is 0 Å². The SMILES string of the molecule is Cc1ccc(O)c([C@H](N)[C@H](O)C(C)(C)C)c1. The lowest BCUT2D eigenvalue weighted by atomic mass is 9.82. The number of phenolic OH excluding ortho intramolecular Hbond substituents is 1. The van der Waals surface area contributed by atoms with Gasteiger partial charge in [-0.1, -0.05) is 38.5 Å². The third kappa shape index (κ3) is 2.74. The van der Waals surface area contributed by atoms with Gasteiger partial charge in [0.15, 0.2) is 0 Å². The summed E-state index contributed by atoms with van der Waals surface area (Å²) in [7, 11) is 0. The maximum absolute atomic E-state index is 10.1. The minimum absolute atomic E-state index is 0.140. The fraction of sp³-hybridized carbons (Fsp3) is 0.538. The summed E-state index contributed by atoms with van der Waals surface area (Å²) in [6.07, 6.45) is -0.694. The molecule has 0 spiro atoms. The van der Waals surface area contributed by atoms with E-state index in [1.165, 1.54) is 0 Å². The van der Waals surface area contributed by atoms with Crippen molar-refractivity contribution in [1.29, 1.82) is 0 Å². The molecule has 1 rings (SSSR count). The zero-order chi connectivity index (χ0) is 12.5. The summed E-state index contributed by atoms with van der Waals surface area (Å²) in [6.45, 7) is 7.69. The monoisotopic (exact) mass is 223 g/mol. The van der Waals surface area contributed by atoms with E-state index in [4.69, 9.17) is 5.73 Å². The molecule has 0 fully saturated rings. The molecule has 0 bridgehead atoms. The first-order valence-corrected chi connectivity index (χ1v) is 5.46. The van der Waals surface area contributed by atoms with E-state index in [0.717, 1.165) is 5.56 Å². The molecule has 0 aliphatic rings. The van der Waals surface area contributed by atoms with E-state index >= 15 is 0 Å². The van der Waals surface area contributed by atoms with E-state index in [2.05, 4.69) is 0 Å². The first-order valence-electron chi connectivity index (χ1n) is 5.46. The van der Waals surface area contributed by atoms with Crippen LogP contribution in [0, 0.1) is 12.3 Å². The van der Waals surface area contributed by atoms with Gasteiger partial charge >= 0.3 is 0 Å². The molecule has 16 heavy (non-hydrogen) atoms. The van der Waals surface area contributed by atoms with Gasteiger partial charge in [-0.2, -0.15) is 0 Å². The van der Waals surface area contributed by atoms with Gasteiger partial charge in [0.1, 0.15) is 5.75 Å². The van der Waals surface area contributed by atoms with Crippen molar-refractivity contribution in [3.63, 3.8) is 0 Å². The van der Waals surface area contributed by atoms with Gasteiger partial charge in [0.2, 0.25) is 0 Å². The molecule has 1 aromatic carbocycles. The Kier molecular flexibility index (Phi) is 3.61. The molecule has 0 amide bonds. The minimum Gasteiger partial charge on any atom is -0.508 e. The number of aromatic hydroxyl groups is 1.